The predicted octanol–water partition coefficient (Wildman–Crippen LogP) is 4.01. The third-order valence-electron chi connectivity index (χ3n) is 4.51. The van der Waals surface area contributed by atoms with Gasteiger partial charge in [0.1, 0.15) is 6.04 Å². The van der Waals surface area contributed by atoms with E-state index in [0.717, 1.165) is 18.0 Å². The molecular formula is C18H27NO2. The molecule has 1 aromatic carbocycles. The number of hydrogen-bond donors (Lipinski definition) is 2. The molecule has 21 heavy (non-hydrogen) atoms. The maximum absolute atomic E-state index is 11.4. The van der Waals surface area contributed by atoms with Crippen molar-refractivity contribution in [2.45, 2.75) is 51.5 Å². The van der Waals surface area contributed by atoms with Gasteiger partial charge in [0.15, 0.2) is 0 Å². The normalized spacial score (nSPS) is 19.1. The van der Waals surface area contributed by atoms with Gasteiger partial charge in [-0.2, -0.15) is 0 Å². The number of aliphatic carboxylic acids is 1. The third-order valence-corrected chi connectivity index (χ3v) is 4.51. The Kier molecular flexibility index (Phi) is 6.24. The van der Waals surface area contributed by atoms with E-state index in [1.165, 1.54) is 38.5 Å². The highest BCUT2D eigenvalue weighted by molar-refractivity contribution is 5.75. The Hall–Kier alpha value is -1.35. The largest absolute Gasteiger partial charge is 0.480 e. The highest BCUT2D eigenvalue weighted by atomic mass is 16.4. The molecule has 1 saturated carbocycles. The maximum Gasteiger partial charge on any atom is 0.325 e. The van der Waals surface area contributed by atoms with Crippen LogP contribution in [0.3, 0.4) is 0 Å². The van der Waals surface area contributed by atoms with Crippen molar-refractivity contribution in [3.8, 4) is 0 Å². The number of nitrogens with one attached hydrogen (secondary N) is 1. The van der Waals surface area contributed by atoms with E-state index >= 15 is 0 Å². The van der Waals surface area contributed by atoms with Crippen LogP contribution in [0.15, 0.2) is 30.3 Å². The molecule has 3 heteroatoms. The third kappa shape index (κ3) is 5.16. The number of hydrogen-bond acceptors (Lipinski definition) is 2. The first kappa shape index (κ1) is 16.0. The van der Waals surface area contributed by atoms with E-state index in [9.17, 15) is 9.90 Å². The van der Waals surface area contributed by atoms with Gasteiger partial charge in [-0.15, -0.1) is 0 Å². The topological polar surface area (TPSA) is 49.3 Å². The molecular weight excluding hydrogens is 262 g/mol. The molecule has 0 bridgehead atoms. The van der Waals surface area contributed by atoms with Gasteiger partial charge < -0.3 is 10.4 Å². The number of carbonyl (C=O) groups is 1. The predicted molar refractivity (Wildman–Crippen MR) is 85.2 cm³/mol. The Balaban J connectivity index is 1.82. The van der Waals surface area contributed by atoms with Crippen molar-refractivity contribution in [2.75, 3.05) is 6.54 Å². The van der Waals surface area contributed by atoms with Gasteiger partial charge in [-0.1, -0.05) is 69.4 Å². The molecule has 0 spiro atoms. The van der Waals surface area contributed by atoms with Crippen molar-refractivity contribution in [3.63, 3.8) is 0 Å². The molecule has 1 fully saturated rings. The van der Waals surface area contributed by atoms with Crippen LogP contribution in [0, 0.1) is 11.8 Å². The van der Waals surface area contributed by atoms with Gasteiger partial charge in [-0.05, 0) is 30.4 Å². The molecule has 0 heterocycles. The van der Waals surface area contributed by atoms with Crippen LogP contribution in [0.1, 0.15) is 57.1 Å². The molecule has 2 atom stereocenters. The van der Waals surface area contributed by atoms with Crippen molar-refractivity contribution in [2.24, 2.45) is 11.8 Å². The zero-order valence-electron chi connectivity index (χ0n) is 12.9. The Morgan fingerprint density at radius 3 is 2.52 bits per heavy atom. The summed E-state index contributed by atoms with van der Waals surface area (Å²) in [6.45, 7) is 2.99. The van der Waals surface area contributed by atoms with Gasteiger partial charge in [-0.25, -0.2) is 0 Å². The first-order chi connectivity index (χ1) is 10.2. The van der Waals surface area contributed by atoms with Crippen LogP contribution in [0.2, 0.25) is 0 Å². The minimum Gasteiger partial charge on any atom is -0.480 e. The number of carboxylic acids is 1. The van der Waals surface area contributed by atoms with E-state index in [-0.39, 0.29) is 0 Å². The summed E-state index contributed by atoms with van der Waals surface area (Å²) < 4.78 is 0. The summed E-state index contributed by atoms with van der Waals surface area (Å²) in [4.78, 5) is 11.4. The smallest absolute Gasteiger partial charge is 0.325 e. The summed E-state index contributed by atoms with van der Waals surface area (Å²) in [5.74, 6) is 0.570. The van der Waals surface area contributed by atoms with E-state index in [1.807, 2.05) is 30.3 Å². The molecule has 3 nitrogen and oxygen atoms in total. The molecule has 2 rings (SSSR count). The molecule has 0 amide bonds. The summed E-state index contributed by atoms with van der Waals surface area (Å²) in [5, 5.41) is 12.6. The van der Waals surface area contributed by atoms with Crippen LogP contribution in [0.4, 0.5) is 0 Å². The number of benzene rings is 1. The summed E-state index contributed by atoms with van der Waals surface area (Å²) >= 11 is 0. The molecule has 0 saturated heterocycles. The molecule has 1 unspecified atom stereocenters. The first-order valence-electron chi connectivity index (χ1n) is 8.18. The van der Waals surface area contributed by atoms with E-state index < -0.39 is 12.0 Å². The second-order valence-corrected chi connectivity index (χ2v) is 6.44. The molecule has 1 aromatic rings. The van der Waals surface area contributed by atoms with Gasteiger partial charge in [0.05, 0.1) is 0 Å². The summed E-state index contributed by atoms with van der Waals surface area (Å²) in [6, 6.07) is 8.83. The fraction of sp³-hybridized carbons (Fsp3) is 0.611. The van der Waals surface area contributed by atoms with Crippen LogP contribution in [-0.2, 0) is 4.79 Å². The number of rotatable bonds is 7. The van der Waals surface area contributed by atoms with Crippen molar-refractivity contribution in [1.29, 1.82) is 0 Å². The molecule has 0 aliphatic heterocycles. The summed E-state index contributed by atoms with van der Waals surface area (Å²) in [7, 11) is 0. The van der Waals surface area contributed by atoms with E-state index in [0.29, 0.717) is 5.92 Å². The summed E-state index contributed by atoms with van der Waals surface area (Å²) in [6.07, 6.45) is 8.04. The van der Waals surface area contributed by atoms with Gasteiger partial charge in [0, 0.05) is 0 Å². The second-order valence-electron chi connectivity index (χ2n) is 6.44. The average Bonchev–Trinajstić information content (AvgIpc) is 2.49. The van der Waals surface area contributed by atoms with E-state index in [2.05, 4.69) is 12.2 Å². The van der Waals surface area contributed by atoms with Crippen molar-refractivity contribution in [3.05, 3.63) is 35.9 Å². The quantitative estimate of drug-likeness (QED) is 0.797. The van der Waals surface area contributed by atoms with E-state index in [1.54, 1.807) is 0 Å². The van der Waals surface area contributed by atoms with Crippen LogP contribution < -0.4 is 5.32 Å². The van der Waals surface area contributed by atoms with Crippen LogP contribution in [0.25, 0.3) is 0 Å². The van der Waals surface area contributed by atoms with Crippen molar-refractivity contribution < 1.29 is 9.90 Å². The Morgan fingerprint density at radius 2 is 1.90 bits per heavy atom. The molecule has 1 aliphatic carbocycles. The average molecular weight is 289 g/mol. The lowest BCUT2D eigenvalue weighted by Crippen LogP contribution is -2.32. The fourth-order valence-electron chi connectivity index (χ4n) is 3.39. The SMILES string of the molecule is CC(CN[C@H](C(=O)O)c1ccccc1)CC1CCCCC1. The van der Waals surface area contributed by atoms with Crippen LogP contribution in [0.5, 0.6) is 0 Å². The highest BCUT2D eigenvalue weighted by Gasteiger charge is 2.21. The molecule has 116 valence electrons. The van der Waals surface area contributed by atoms with Gasteiger partial charge in [-0.3, -0.25) is 4.79 Å². The Morgan fingerprint density at radius 1 is 1.24 bits per heavy atom. The van der Waals surface area contributed by atoms with Gasteiger partial charge in [0.25, 0.3) is 0 Å². The molecule has 0 radical (unpaired) electrons. The zero-order chi connectivity index (χ0) is 15.1. The Labute approximate surface area is 127 Å². The lowest BCUT2D eigenvalue weighted by Gasteiger charge is -2.25. The van der Waals surface area contributed by atoms with Crippen molar-refractivity contribution >= 4 is 5.97 Å². The monoisotopic (exact) mass is 289 g/mol. The lowest BCUT2D eigenvalue weighted by molar-refractivity contribution is -0.139. The van der Waals surface area contributed by atoms with Gasteiger partial charge >= 0.3 is 5.97 Å². The Bertz CT molecular complexity index is 426. The standard InChI is InChI=1S/C18H27NO2/c1-14(12-15-8-4-2-5-9-15)13-19-17(18(20)21)16-10-6-3-7-11-16/h3,6-7,10-11,14-15,17,19H,2,4-5,8-9,12-13H2,1H3,(H,20,21)/t14?,17-/m0/s1. The maximum atomic E-state index is 11.4. The lowest BCUT2D eigenvalue weighted by atomic mass is 9.83. The van der Waals surface area contributed by atoms with Gasteiger partial charge in [0.2, 0.25) is 0 Å². The molecule has 0 aromatic heterocycles. The van der Waals surface area contributed by atoms with Crippen molar-refractivity contribution in [1.82, 2.24) is 5.32 Å². The molecule has 1 aliphatic rings. The zero-order valence-corrected chi connectivity index (χ0v) is 12.9. The number of carboxylic acid groups (broad SMARTS) is 1. The minimum atomic E-state index is -0.800. The van der Waals surface area contributed by atoms with E-state index in [4.69, 9.17) is 0 Å². The first-order valence-corrected chi connectivity index (χ1v) is 8.18. The molecule has 2 N–H and O–H groups in total. The second kappa shape index (κ2) is 8.18. The highest BCUT2D eigenvalue weighted by Crippen LogP contribution is 2.29. The fourth-order valence-corrected chi connectivity index (χ4v) is 3.39. The van der Waals surface area contributed by atoms with Crippen LogP contribution >= 0.6 is 0 Å². The van der Waals surface area contributed by atoms with Crippen LogP contribution in [-0.4, -0.2) is 17.6 Å². The summed E-state index contributed by atoms with van der Waals surface area (Å²) in [5.41, 5.74) is 0.829. The minimum absolute atomic E-state index is 0.527.